The number of allylic oxidation sites excluding steroid dienone is 2. The maximum absolute atomic E-state index is 14.1. The van der Waals surface area contributed by atoms with Gasteiger partial charge in [-0.15, -0.1) is 0 Å². The van der Waals surface area contributed by atoms with Gasteiger partial charge in [-0.1, -0.05) is 12.1 Å². The lowest BCUT2D eigenvalue weighted by Gasteiger charge is -2.32. The Balaban J connectivity index is 2.11. The van der Waals surface area contributed by atoms with E-state index in [0.717, 1.165) is 0 Å². The van der Waals surface area contributed by atoms with Gasteiger partial charge in [-0.25, -0.2) is 14.0 Å². The Labute approximate surface area is 190 Å². The van der Waals surface area contributed by atoms with Crippen molar-refractivity contribution in [2.75, 3.05) is 19.9 Å². The molecule has 10 heteroatoms. The van der Waals surface area contributed by atoms with E-state index in [2.05, 4.69) is 5.32 Å². The van der Waals surface area contributed by atoms with Gasteiger partial charge < -0.3 is 19.5 Å². The summed E-state index contributed by atoms with van der Waals surface area (Å²) in [5.74, 6) is -2.60. The number of nitrogens with one attached hydrogen (secondary N) is 1. The number of hydrogen-bond donors (Lipinski definition) is 1. The van der Waals surface area contributed by atoms with E-state index in [9.17, 15) is 24.1 Å². The molecule has 0 aliphatic carbocycles. The molecule has 2 aliphatic rings. The summed E-state index contributed by atoms with van der Waals surface area (Å²) in [7, 11) is 0. The number of esters is 2. The Morgan fingerprint density at radius 1 is 1.24 bits per heavy atom. The summed E-state index contributed by atoms with van der Waals surface area (Å²) in [4.78, 5) is 37.1. The van der Waals surface area contributed by atoms with Crippen LogP contribution in [0.15, 0.2) is 46.8 Å². The first-order valence-corrected chi connectivity index (χ1v) is 10.7. The number of nitrogens with zero attached hydrogens (tertiary/aromatic N) is 1. The van der Waals surface area contributed by atoms with Crippen molar-refractivity contribution in [2.24, 2.45) is 0 Å². The Morgan fingerprint density at radius 3 is 2.55 bits per heavy atom. The Hall–Kier alpha value is -3.27. The molecule has 1 N–H and O–H groups in total. The number of carbonyl (C=O) groups excluding carboxylic acids is 2. The van der Waals surface area contributed by atoms with E-state index in [1.54, 1.807) is 26.8 Å². The first-order chi connectivity index (χ1) is 15.7. The second kappa shape index (κ2) is 10.6. The van der Waals surface area contributed by atoms with Gasteiger partial charge in [0.25, 0.3) is 5.69 Å². The average Bonchev–Trinajstić information content (AvgIpc) is 2.78. The highest BCUT2D eigenvalue weighted by Crippen LogP contribution is 2.40. The standard InChI is InChI=1S/C23H27FN2O7/c1-13(2)32-22(27)19-14(3)25-18(12-24)21(23(28)33-17-7-9-31-10-8-17)20(19)15-5-4-6-16(11-15)26(29)30/h4-6,11,13,17,20,25H,7-10,12H2,1-3H3. The zero-order valence-electron chi connectivity index (χ0n) is 18.8. The van der Waals surface area contributed by atoms with Crippen LogP contribution >= 0.6 is 0 Å². The molecule has 1 atom stereocenters. The summed E-state index contributed by atoms with van der Waals surface area (Å²) in [6.07, 6.45) is 0.127. The van der Waals surface area contributed by atoms with Crippen molar-refractivity contribution in [3.05, 3.63) is 62.5 Å². The molecule has 0 aromatic heterocycles. The molecule has 2 heterocycles. The number of carbonyl (C=O) groups is 2. The summed E-state index contributed by atoms with van der Waals surface area (Å²) in [5, 5.41) is 14.2. The number of halogens is 1. The molecule has 1 aromatic rings. The highest BCUT2D eigenvalue weighted by molar-refractivity contribution is 6.00. The van der Waals surface area contributed by atoms with Crippen molar-refractivity contribution < 1.29 is 33.1 Å². The summed E-state index contributed by atoms with van der Waals surface area (Å²) in [6, 6.07) is 5.57. The zero-order chi connectivity index (χ0) is 24.1. The van der Waals surface area contributed by atoms with Gasteiger partial charge in [0.15, 0.2) is 0 Å². The number of dihydropyridines is 1. The van der Waals surface area contributed by atoms with Crippen LogP contribution in [0.4, 0.5) is 10.1 Å². The predicted octanol–water partition coefficient (Wildman–Crippen LogP) is 3.45. The number of non-ortho nitro benzene ring substituents is 1. The number of alkyl halides is 1. The minimum atomic E-state index is -1.10. The fourth-order valence-corrected chi connectivity index (χ4v) is 3.95. The van der Waals surface area contributed by atoms with Crippen LogP contribution in [0.5, 0.6) is 0 Å². The molecule has 1 aromatic carbocycles. The van der Waals surface area contributed by atoms with Crippen LogP contribution in [-0.2, 0) is 23.8 Å². The van der Waals surface area contributed by atoms with E-state index in [0.29, 0.717) is 31.8 Å². The third kappa shape index (κ3) is 5.57. The number of benzene rings is 1. The van der Waals surface area contributed by atoms with E-state index in [1.807, 2.05) is 0 Å². The molecule has 0 radical (unpaired) electrons. The fraction of sp³-hybridized carbons (Fsp3) is 0.478. The molecule has 0 amide bonds. The smallest absolute Gasteiger partial charge is 0.337 e. The highest BCUT2D eigenvalue weighted by atomic mass is 19.1. The van der Waals surface area contributed by atoms with E-state index in [4.69, 9.17) is 14.2 Å². The number of hydrogen-bond acceptors (Lipinski definition) is 8. The van der Waals surface area contributed by atoms with Gasteiger partial charge in [0.2, 0.25) is 0 Å². The number of nitro groups is 1. The van der Waals surface area contributed by atoms with Crippen LogP contribution in [-0.4, -0.2) is 49.0 Å². The number of nitro benzene ring substituents is 1. The minimum Gasteiger partial charge on any atom is -0.460 e. The molecule has 178 valence electrons. The average molecular weight is 462 g/mol. The molecule has 9 nitrogen and oxygen atoms in total. The van der Waals surface area contributed by atoms with Crippen molar-refractivity contribution in [1.82, 2.24) is 5.32 Å². The van der Waals surface area contributed by atoms with Crippen molar-refractivity contribution in [3.8, 4) is 0 Å². The first-order valence-electron chi connectivity index (χ1n) is 10.7. The molecule has 33 heavy (non-hydrogen) atoms. The largest absolute Gasteiger partial charge is 0.460 e. The molecule has 0 saturated carbocycles. The molecular formula is C23H27FN2O7. The second-order valence-electron chi connectivity index (χ2n) is 8.15. The van der Waals surface area contributed by atoms with Gasteiger partial charge in [-0.05, 0) is 26.3 Å². The Bertz CT molecular complexity index is 996. The topological polar surface area (TPSA) is 117 Å². The van der Waals surface area contributed by atoms with E-state index in [1.165, 1.54) is 18.2 Å². The first kappa shape index (κ1) is 24.4. The van der Waals surface area contributed by atoms with E-state index >= 15 is 0 Å². The van der Waals surface area contributed by atoms with Crippen LogP contribution in [0.25, 0.3) is 0 Å². The van der Waals surface area contributed by atoms with Gasteiger partial charge in [0, 0.05) is 30.7 Å². The second-order valence-corrected chi connectivity index (χ2v) is 8.15. The summed E-state index contributed by atoms with van der Waals surface area (Å²) in [5.41, 5.74) is 0.269. The molecule has 1 fully saturated rings. The molecule has 1 saturated heterocycles. The van der Waals surface area contributed by atoms with Crippen molar-refractivity contribution >= 4 is 17.6 Å². The van der Waals surface area contributed by atoms with Gasteiger partial charge in [-0.3, -0.25) is 10.1 Å². The monoisotopic (exact) mass is 462 g/mol. The van der Waals surface area contributed by atoms with Crippen molar-refractivity contribution in [1.29, 1.82) is 0 Å². The summed E-state index contributed by atoms with van der Waals surface area (Å²) in [6.45, 7) is 4.77. The third-order valence-corrected chi connectivity index (χ3v) is 5.42. The number of rotatable bonds is 7. The predicted molar refractivity (Wildman–Crippen MR) is 116 cm³/mol. The lowest BCUT2D eigenvalue weighted by Crippen LogP contribution is -2.36. The fourth-order valence-electron chi connectivity index (χ4n) is 3.95. The van der Waals surface area contributed by atoms with E-state index < -0.39 is 41.7 Å². The van der Waals surface area contributed by atoms with Gasteiger partial charge >= 0.3 is 11.9 Å². The molecule has 2 aliphatic heterocycles. The highest BCUT2D eigenvalue weighted by Gasteiger charge is 2.40. The van der Waals surface area contributed by atoms with Crippen LogP contribution in [0.3, 0.4) is 0 Å². The molecular weight excluding hydrogens is 435 g/mol. The van der Waals surface area contributed by atoms with Crippen LogP contribution in [0.1, 0.15) is 45.1 Å². The van der Waals surface area contributed by atoms with Crippen molar-refractivity contribution in [3.63, 3.8) is 0 Å². The molecule has 3 rings (SSSR count). The lowest BCUT2D eigenvalue weighted by molar-refractivity contribution is -0.384. The molecule has 0 spiro atoms. The quantitative estimate of drug-likeness (QED) is 0.372. The lowest BCUT2D eigenvalue weighted by atomic mass is 9.80. The van der Waals surface area contributed by atoms with Crippen LogP contribution in [0.2, 0.25) is 0 Å². The number of ether oxygens (including phenoxy) is 3. The van der Waals surface area contributed by atoms with E-state index in [-0.39, 0.29) is 28.1 Å². The van der Waals surface area contributed by atoms with Gasteiger partial charge in [0.1, 0.15) is 12.8 Å². The third-order valence-electron chi connectivity index (χ3n) is 5.42. The normalized spacial score (nSPS) is 19.4. The van der Waals surface area contributed by atoms with Gasteiger partial charge in [-0.2, -0.15) is 0 Å². The molecule has 0 bridgehead atoms. The summed E-state index contributed by atoms with van der Waals surface area (Å²) >= 11 is 0. The molecule has 1 unspecified atom stereocenters. The van der Waals surface area contributed by atoms with Crippen molar-refractivity contribution in [2.45, 2.75) is 51.7 Å². The summed E-state index contributed by atoms with van der Waals surface area (Å²) < 4.78 is 30.4. The maximum Gasteiger partial charge on any atom is 0.337 e. The zero-order valence-corrected chi connectivity index (χ0v) is 18.8. The van der Waals surface area contributed by atoms with Crippen LogP contribution < -0.4 is 5.32 Å². The Kier molecular flexibility index (Phi) is 7.80. The van der Waals surface area contributed by atoms with Crippen LogP contribution in [0, 0.1) is 10.1 Å². The SMILES string of the molecule is CC1=C(C(=O)OC(C)C)C(c2cccc([N+](=O)[O-])c2)C(C(=O)OC2CCOCC2)=C(CF)N1. The minimum absolute atomic E-state index is 0.0536. The van der Waals surface area contributed by atoms with Gasteiger partial charge in [0.05, 0.1) is 47.0 Å². The Morgan fingerprint density at radius 2 is 1.94 bits per heavy atom. The maximum atomic E-state index is 14.1.